The summed E-state index contributed by atoms with van der Waals surface area (Å²) in [5, 5.41) is 0. The summed E-state index contributed by atoms with van der Waals surface area (Å²) in [7, 11) is -7.24. The third kappa shape index (κ3) is 3.08. The average molecular weight is 314 g/mol. The van der Waals surface area contributed by atoms with E-state index in [0.29, 0.717) is 0 Å². The topological polar surface area (TPSA) is 72.4 Å². The third-order valence-electron chi connectivity index (χ3n) is 1.45. The maximum Gasteiger partial charge on any atom is 0.436 e. The fourth-order valence-electron chi connectivity index (χ4n) is 0.805. The van der Waals surface area contributed by atoms with Crippen molar-refractivity contribution in [2.75, 3.05) is 0 Å². The van der Waals surface area contributed by atoms with Gasteiger partial charge in [0, 0.05) is 0 Å². The van der Waals surface area contributed by atoms with Crippen LogP contribution in [0.25, 0.3) is 0 Å². The van der Waals surface area contributed by atoms with E-state index >= 15 is 0 Å². The summed E-state index contributed by atoms with van der Waals surface area (Å²) in [4.78, 5) is 19.5. The Morgan fingerprint density at radius 1 is 0.722 bits per heavy atom. The van der Waals surface area contributed by atoms with Gasteiger partial charge < -0.3 is 18.9 Å². The zero-order valence-corrected chi connectivity index (χ0v) is 8.38. The molecule has 0 aliphatic heterocycles. The lowest BCUT2D eigenvalue weighted by atomic mass is 10.0. The van der Waals surface area contributed by atoms with E-state index < -0.39 is 32.0 Å². The molecule has 0 spiro atoms. The number of halogens is 9. The van der Waals surface area contributed by atoms with Crippen LogP contribution in [0.3, 0.4) is 0 Å². The summed E-state index contributed by atoms with van der Waals surface area (Å²) < 4.78 is 119. The minimum Gasteiger partial charge on any atom is -0.790 e. The van der Waals surface area contributed by atoms with Crippen LogP contribution in [0.2, 0.25) is 0 Å². The molecule has 0 aromatic rings. The van der Waals surface area contributed by atoms with E-state index in [0.717, 1.165) is 0 Å². The van der Waals surface area contributed by atoms with Gasteiger partial charge in [0.15, 0.2) is 0 Å². The van der Waals surface area contributed by atoms with Gasteiger partial charge in [-0.15, -0.1) is 0 Å². The van der Waals surface area contributed by atoms with Crippen LogP contribution in [0.1, 0.15) is 0 Å². The molecule has 0 saturated carbocycles. The van der Waals surface area contributed by atoms with Crippen LogP contribution < -0.4 is 9.79 Å². The van der Waals surface area contributed by atoms with Crippen molar-refractivity contribution >= 4 is 7.82 Å². The predicted octanol–water partition coefficient (Wildman–Crippen LogP) is 1.26. The van der Waals surface area contributed by atoms with Gasteiger partial charge in [-0.1, -0.05) is 0 Å². The zero-order valence-electron chi connectivity index (χ0n) is 7.48. The second-order valence-electron chi connectivity index (χ2n) is 2.71. The Bertz CT molecular complexity index is 311. The van der Waals surface area contributed by atoms with E-state index in [-0.39, 0.29) is 0 Å². The number of alkyl halides is 9. The molecule has 0 aromatic heterocycles. The lowest BCUT2D eigenvalue weighted by Crippen LogP contribution is -2.67. The maximum absolute atomic E-state index is 11.9. The predicted molar refractivity (Wildman–Crippen MR) is 29.6 cm³/mol. The van der Waals surface area contributed by atoms with Crippen LogP contribution in [0.4, 0.5) is 39.5 Å². The highest BCUT2D eigenvalue weighted by molar-refractivity contribution is 7.43. The van der Waals surface area contributed by atoms with Crippen molar-refractivity contribution < 1.29 is 58.4 Å². The first-order valence-electron chi connectivity index (χ1n) is 3.39. The standard InChI is InChI=1S/C4H2F9O4P/c5-2(6,7)1(3(8,9)10,4(11,12)13)17-18(14,15)16/h(H2,14,15,16)/p-2. The molecule has 0 radical (unpaired) electrons. The van der Waals surface area contributed by atoms with E-state index in [1.807, 2.05) is 0 Å². The first-order chi connectivity index (χ1) is 7.46. The average Bonchev–Trinajstić information content (AvgIpc) is 1.90. The summed E-state index contributed by atoms with van der Waals surface area (Å²) in [6, 6.07) is 0. The summed E-state index contributed by atoms with van der Waals surface area (Å²) in [5.74, 6) is 0. The van der Waals surface area contributed by atoms with Crippen molar-refractivity contribution in [1.29, 1.82) is 0 Å². The Morgan fingerprint density at radius 2 is 0.944 bits per heavy atom. The molecule has 4 nitrogen and oxygen atoms in total. The summed E-state index contributed by atoms with van der Waals surface area (Å²) in [6.07, 6.45) is -21.8. The number of phosphoric ester groups is 1. The van der Waals surface area contributed by atoms with E-state index in [4.69, 9.17) is 0 Å². The van der Waals surface area contributed by atoms with Crippen molar-refractivity contribution in [3.63, 3.8) is 0 Å². The normalized spacial score (nSPS) is 15.9. The van der Waals surface area contributed by atoms with Gasteiger partial charge in [-0.05, 0) is 0 Å². The molecule has 0 rings (SSSR count). The largest absolute Gasteiger partial charge is 0.790 e. The van der Waals surface area contributed by atoms with Gasteiger partial charge in [0.1, 0.15) is 0 Å². The molecule has 110 valence electrons. The Kier molecular flexibility index (Phi) is 4.13. The van der Waals surface area contributed by atoms with E-state index in [9.17, 15) is 53.9 Å². The molecule has 0 aliphatic carbocycles. The summed E-state index contributed by atoms with van der Waals surface area (Å²) in [5.41, 5.74) is -7.09. The lowest BCUT2D eigenvalue weighted by molar-refractivity contribution is -0.461. The number of hydrogen-bond donors (Lipinski definition) is 0. The number of phosphoric acid groups is 1. The van der Waals surface area contributed by atoms with Crippen LogP contribution in [-0.4, -0.2) is 24.1 Å². The lowest BCUT2D eigenvalue weighted by Gasteiger charge is -2.44. The van der Waals surface area contributed by atoms with Crippen molar-refractivity contribution in [2.45, 2.75) is 24.1 Å². The van der Waals surface area contributed by atoms with Crippen LogP contribution in [0.5, 0.6) is 0 Å². The van der Waals surface area contributed by atoms with Gasteiger partial charge in [0.05, 0.1) is 7.82 Å². The first kappa shape index (κ1) is 17.5. The van der Waals surface area contributed by atoms with E-state index in [1.165, 1.54) is 0 Å². The molecule has 0 fully saturated rings. The molecule has 18 heavy (non-hydrogen) atoms. The van der Waals surface area contributed by atoms with Crippen molar-refractivity contribution in [3.05, 3.63) is 0 Å². The molecule has 0 unspecified atom stereocenters. The molecule has 0 heterocycles. The molecule has 0 aliphatic rings. The highest BCUT2D eigenvalue weighted by Crippen LogP contribution is 2.58. The van der Waals surface area contributed by atoms with E-state index in [1.54, 1.807) is 4.52 Å². The van der Waals surface area contributed by atoms with Crippen LogP contribution >= 0.6 is 7.82 Å². The SMILES string of the molecule is O=P([O-])([O-])OC(C(F)(F)F)(C(F)(F)F)C(F)(F)F. The van der Waals surface area contributed by atoms with Crippen LogP contribution in [0, 0.1) is 0 Å². The van der Waals surface area contributed by atoms with Gasteiger partial charge in [-0.3, -0.25) is 0 Å². The van der Waals surface area contributed by atoms with Gasteiger partial charge >= 0.3 is 24.1 Å². The van der Waals surface area contributed by atoms with Crippen LogP contribution in [-0.2, 0) is 9.09 Å². The molecule has 0 atom stereocenters. The fourth-order valence-corrected chi connectivity index (χ4v) is 1.45. The first-order valence-corrected chi connectivity index (χ1v) is 4.85. The van der Waals surface area contributed by atoms with E-state index in [2.05, 4.69) is 0 Å². The van der Waals surface area contributed by atoms with Gasteiger partial charge in [0.25, 0.3) is 0 Å². The van der Waals surface area contributed by atoms with Crippen molar-refractivity contribution in [1.82, 2.24) is 0 Å². The van der Waals surface area contributed by atoms with Gasteiger partial charge in [-0.2, -0.15) is 39.5 Å². The highest BCUT2D eigenvalue weighted by atomic mass is 31.2. The number of rotatable bonds is 2. The zero-order chi connectivity index (χ0) is 15.2. The summed E-state index contributed by atoms with van der Waals surface area (Å²) >= 11 is 0. The Labute approximate surface area is 91.6 Å². The van der Waals surface area contributed by atoms with Crippen molar-refractivity contribution in [3.8, 4) is 0 Å². The maximum atomic E-state index is 11.9. The highest BCUT2D eigenvalue weighted by Gasteiger charge is 2.86. The molecular weight excluding hydrogens is 314 g/mol. The van der Waals surface area contributed by atoms with Crippen molar-refractivity contribution in [2.24, 2.45) is 0 Å². The summed E-state index contributed by atoms with van der Waals surface area (Å²) in [6.45, 7) is 0. The van der Waals surface area contributed by atoms with Gasteiger partial charge in [0.2, 0.25) is 0 Å². The molecule has 0 saturated heterocycles. The number of hydrogen-bond acceptors (Lipinski definition) is 4. The molecular formula is C4F9O4P-2. The molecule has 0 N–H and O–H groups in total. The smallest absolute Gasteiger partial charge is 0.436 e. The molecule has 14 heteroatoms. The molecule has 0 bridgehead atoms. The monoisotopic (exact) mass is 314 g/mol. The minimum absolute atomic E-state index is 1.79. The Balaban J connectivity index is 6.18. The minimum atomic E-state index is -7.26. The molecule has 0 aromatic carbocycles. The Hall–Kier alpha value is -0.520. The Morgan fingerprint density at radius 3 is 1.00 bits per heavy atom. The second kappa shape index (κ2) is 4.25. The second-order valence-corrected chi connectivity index (χ2v) is 3.79. The third-order valence-corrected chi connectivity index (χ3v) is 1.94. The quantitative estimate of drug-likeness (QED) is 0.568. The van der Waals surface area contributed by atoms with Crippen LogP contribution in [0.15, 0.2) is 0 Å². The fraction of sp³-hybridized carbons (Fsp3) is 1.00. The van der Waals surface area contributed by atoms with Gasteiger partial charge in [-0.25, -0.2) is 0 Å². The molecule has 0 amide bonds.